The average Bonchev–Trinajstić information content (AvgIpc) is 3.32. The van der Waals surface area contributed by atoms with Crippen molar-refractivity contribution in [3.63, 3.8) is 0 Å². The molecular formula is C52H54Cl2FN9O15S3. The first-order valence-corrected chi connectivity index (χ1v) is 28.5. The van der Waals surface area contributed by atoms with E-state index in [1.165, 1.54) is 93.2 Å². The number of sulfonamides is 1. The molecule has 3 aromatic heterocycles. The number of ether oxygens (including phenoxy) is 5. The Labute approximate surface area is 485 Å². The fourth-order valence-electron chi connectivity index (χ4n) is 7.30. The standard InChI is InChI=1S/C20H21ClN2O6.C17H18N4O6S.C15H15ClFN3O3S2/c1-6-9-28-18(26)20(3,4)29-17(25)14-11-13(7-8-15(14)21)23-16(24)10-12(2)22(5)19(23)27;1-10-7-11(2)19-16(18-10)20-17(23)21-28(24,25)14-6-4-3-5-13(14)15(22)27-12-8-26-9-12;1-23-13(21)8-24-12-7-11(10(17)6-9(12)16)18-14-19-4-2-3-5-20(19)15(22)25-14/h6-8,10-11H,1,9H2,2-5H3;3-7,12H,8-9H2,1-2H3,(H2,18,19,20,21,23);6-7H,2-5,8H2,1H3. The quantitative estimate of drug-likeness (QED) is 0.0506. The van der Waals surface area contributed by atoms with Crippen LogP contribution in [0.15, 0.2) is 109 Å². The van der Waals surface area contributed by atoms with Gasteiger partial charge in [0.05, 0.1) is 52.9 Å². The molecule has 0 aliphatic carbocycles. The van der Waals surface area contributed by atoms with Gasteiger partial charge in [0.2, 0.25) is 16.4 Å². The van der Waals surface area contributed by atoms with Gasteiger partial charge < -0.3 is 28.3 Å². The molecule has 0 atom stereocenters. The van der Waals surface area contributed by atoms with Crippen molar-refractivity contribution in [1.82, 2.24) is 33.2 Å². The van der Waals surface area contributed by atoms with Crippen molar-refractivity contribution in [3.05, 3.63) is 159 Å². The number of nitrogens with zero attached hydrogens (tertiary/aromatic N) is 7. The number of urea groups is 1. The molecule has 0 spiro atoms. The molecule has 2 aliphatic rings. The summed E-state index contributed by atoms with van der Waals surface area (Å²) >= 11 is 14.3. The highest BCUT2D eigenvalue weighted by Gasteiger charge is 2.35. The van der Waals surface area contributed by atoms with Gasteiger partial charge in [0.15, 0.2) is 0 Å². The monoisotopic (exact) mass is 1230 g/mol. The van der Waals surface area contributed by atoms with Crippen LogP contribution in [0.4, 0.5) is 20.8 Å². The van der Waals surface area contributed by atoms with Gasteiger partial charge in [-0.25, -0.2) is 65.7 Å². The Balaban J connectivity index is 0.000000198. The van der Waals surface area contributed by atoms with Crippen LogP contribution in [0, 0.1) is 26.6 Å². The second-order valence-electron chi connectivity index (χ2n) is 18.2. The number of aromatic nitrogens is 6. The van der Waals surface area contributed by atoms with Gasteiger partial charge in [-0.1, -0.05) is 48.0 Å². The van der Waals surface area contributed by atoms with Gasteiger partial charge in [0, 0.05) is 48.2 Å². The van der Waals surface area contributed by atoms with E-state index in [9.17, 15) is 51.2 Å². The van der Waals surface area contributed by atoms with Gasteiger partial charge in [0.1, 0.15) is 29.1 Å². The highest BCUT2D eigenvalue weighted by atomic mass is 35.5. The largest absolute Gasteiger partial charge is 0.468 e. The van der Waals surface area contributed by atoms with Crippen LogP contribution in [0.25, 0.3) is 5.69 Å². The second kappa shape index (κ2) is 27.8. The number of aryl methyl sites for hydroxylation is 3. The Bertz CT molecular complexity index is 3820. The molecule has 0 unspecified atom stereocenters. The maximum Gasteiger partial charge on any atom is 0.350 e. The van der Waals surface area contributed by atoms with Gasteiger partial charge in [-0.3, -0.25) is 24.4 Å². The third kappa shape index (κ3) is 16.2. The summed E-state index contributed by atoms with van der Waals surface area (Å²) in [5, 5.41) is 2.50. The maximum atomic E-state index is 14.3. The Hall–Kier alpha value is -7.76. The predicted molar refractivity (Wildman–Crippen MR) is 300 cm³/mol. The molecule has 436 valence electrons. The van der Waals surface area contributed by atoms with Gasteiger partial charge in [-0.15, -0.1) is 11.8 Å². The van der Waals surface area contributed by atoms with Crippen LogP contribution < -0.4 is 31.0 Å². The Kier molecular flexibility index (Phi) is 21.5. The second-order valence-corrected chi connectivity index (χ2v) is 22.6. The molecule has 24 nitrogen and oxygen atoms in total. The lowest BCUT2D eigenvalue weighted by Gasteiger charge is -2.25. The molecule has 1 saturated heterocycles. The summed E-state index contributed by atoms with van der Waals surface area (Å²) < 4.78 is 71.8. The molecule has 3 aromatic carbocycles. The number of carbonyl (C=O) groups excluding carboxylic acids is 5. The van der Waals surface area contributed by atoms with E-state index in [0.29, 0.717) is 39.9 Å². The van der Waals surface area contributed by atoms with Crippen molar-refractivity contribution >= 4 is 97.9 Å². The van der Waals surface area contributed by atoms with Crippen LogP contribution in [0.1, 0.15) is 64.5 Å². The van der Waals surface area contributed by atoms with Gasteiger partial charge in [-0.05, 0) is 107 Å². The predicted octanol–water partition coefficient (Wildman–Crippen LogP) is 6.12. The number of carbonyl (C=O) groups is 5. The summed E-state index contributed by atoms with van der Waals surface area (Å²) in [4.78, 5) is 110. The summed E-state index contributed by atoms with van der Waals surface area (Å²) in [6.45, 7) is 13.0. The fraction of sp³-hybridized carbons (Fsp3) is 0.327. The van der Waals surface area contributed by atoms with Crippen LogP contribution in [0.2, 0.25) is 10.0 Å². The highest BCUT2D eigenvalue weighted by Crippen LogP contribution is 2.33. The van der Waals surface area contributed by atoms with Crippen molar-refractivity contribution in [1.29, 1.82) is 0 Å². The number of rotatable bonds is 15. The fourth-order valence-corrected chi connectivity index (χ4v) is 10.6. The summed E-state index contributed by atoms with van der Waals surface area (Å²) in [6.07, 6.45) is 2.86. The molecule has 1 fully saturated rings. The molecular weight excluding hydrogens is 1180 g/mol. The average molecular weight is 1230 g/mol. The zero-order valence-electron chi connectivity index (χ0n) is 45.0. The molecule has 2 N–H and O–H groups in total. The number of benzene rings is 3. The molecule has 5 heterocycles. The van der Waals surface area contributed by atoms with Crippen molar-refractivity contribution in [2.75, 3.05) is 38.0 Å². The van der Waals surface area contributed by atoms with Gasteiger partial charge in [-0.2, -0.15) is 0 Å². The lowest BCUT2D eigenvalue weighted by atomic mass is 10.1. The zero-order chi connectivity index (χ0) is 60.2. The van der Waals surface area contributed by atoms with E-state index in [-0.39, 0.29) is 73.8 Å². The van der Waals surface area contributed by atoms with Gasteiger partial charge >= 0.3 is 40.5 Å². The first-order valence-electron chi connectivity index (χ1n) is 24.4. The summed E-state index contributed by atoms with van der Waals surface area (Å²) in [7, 11) is -1.53. The molecule has 6 aromatic rings. The topological polar surface area (TPSA) is 299 Å². The number of anilines is 1. The van der Waals surface area contributed by atoms with E-state index >= 15 is 0 Å². The molecule has 2 aliphatic heterocycles. The number of methoxy groups -OCH3 is 1. The van der Waals surface area contributed by atoms with Crippen LogP contribution in [0.5, 0.6) is 0 Å². The minimum Gasteiger partial charge on any atom is -0.468 e. The van der Waals surface area contributed by atoms with Crippen LogP contribution >= 0.6 is 46.3 Å². The van der Waals surface area contributed by atoms with Crippen molar-refractivity contribution in [2.45, 2.75) is 82.0 Å². The van der Waals surface area contributed by atoms with Crippen LogP contribution in [0.3, 0.4) is 0 Å². The number of thioether (sulfide) groups is 1. The smallest absolute Gasteiger partial charge is 0.350 e. The minimum absolute atomic E-state index is 0.0321. The molecule has 82 heavy (non-hydrogen) atoms. The number of amides is 2. The lowest BCUT2D eigenvalue weighted by Crippen LogP contribution is -2.39. The Morgan fingerprint density at radius 3 is 2.24 bits per heavy atom. The van der Waals surface area contributed by atoms with E-state index in [2.05, 4.69) is 31.6 Å². The Morgan fingerprint density at radius 1 is 0.927 bits per heavy atom. The number of hydrogen-bond acceptors (Lipinski definition) is 20. The van der Waals surface area contributed by atoms with Crippen molar-refractivity contribution in [3.8, 4) is 5.69 Å². The molecule has 0 radical (unpaired) electrons. The number of fused-ring (bicyclic) bond motifs is 1. The normalized spacial score (nSPS) is 13.1. The first-order chi connectivity index (χ1) is 38.7. The summed E-state index contributed by atoms with van der Waals surface area (Å²) in [6, 6.07) is 14.1. The van der Waals surface area contributed by atoms with E-state index < -0.39 is 68.7 Å². The summed E-state index contributed by atoms with van der Waals surface area (Å²) in [5.74, 6) is -3.45. The van der Waals surface area contributed by atoms with E-state index in [1.807, 2.05) is 4.72 Å². The SMILES string of the molecule is C=CCOC(=O)C(C)(C)OC(=O)c1cc(-n2c(=O)cc(C)n(C)c2=O)ccc1Cl.COC(=O)CSc1cc(N=c2sc(=O)n3n2CCCC3)c(F)cc1Cl.Cc1cc(C)nc(NC(=O)NS(=O)(=O)c2ccccc2C(=O)OC2COC2)n1. The van der Waals surface area contributed by atoms with Crippen LogP contribution in [-0.2, 0) is 63.4 Å². The highest BCUT2D eigenvalue weighted by molar-refractivity contribution is 8.00. The van der Waals surface area contributed by atoms with Crippen molar-refractivity contribution < 1.29 is 60.5 Å². The summed E-state index contributed by atoms with van der Waals surface area (Å²) in [5.41, 5.74) is -1.08. The third-order valence-corrected chi connectivity index (χ3v) is 15.6. The number of esters is 4. The maximum absolute atomic E-state index is 14.3. The first kappa shape index (κ1) is 63.4. The van der Waals surface area contributed by atoms with E-state index in [1.54, 1.807) is 36.2 Å². The van der Waals surface area contributed by atoms with E-state index in [0.717, 1.165) is 46.6 Å². The van der Waals surface area contributed by atoms with E-state index in [4.69, 9.17) is 42.1 Å². The molecule has 0 saturated carbocycles. The number of halogens is 3. The van der Waals surface area contributed by atoms with Gasteiger partial charge in [0.25, 0.3) is 15.6 Å². The lowest BCUT2D eigenvalue weighted by molar-refractivity contribution is -0.161. The third-order valence-electron chi connectivity index (χ3n) is 11.6. The Morgan fingerprint density at radius 2 is 1.60 bits per heavy atom. The molecule has 8 rings (SSSR count). The zero-order valence-corrected chi connectivity index (χ0v) is 48.9. The minimum atomic E-state index is -4.35. The molecule has 2 amide bonds. The number of nitrogens with one attached hydrogen (secondary N) is 2. The molecule has 0 bridgehead atoms. The number of hydrogen-bond donors (Lipinski definition) is 2. The van der Waals surface area contributed by atoms with Crippen molar-refractivity contribution in [2.24, 2.45) is 12.0 Å². The van der Waals surface area contributed by atoms with Crippen LogP contribution in [-0.4, -0.2) is 111 Å². The molecule has 30 heteroatoms.